The van der Waals surface area contributed by atoms with Gasteiger partial charge in [-0.15, -0.1) is 0 Å². The van der Waals surface area contributed by atoms with Gasteiger partial charge in [0.2, 0.25) is 11.9 Å². The topological polar surface area (TPSA) is 67.2 Å². The van der Waals surface area contributed by atoms with E-state index in [-0.39, 0.29) is 5.92 Å². The minimum atomic E-state index is 0.266. The molecular formula is C24H34N6O. The number of rotatable bonds is 5. The Hall–Kier alpha value is -2.44. The van der Waals surface area contributed by atoms with Crippen LogP contribution in [0.2, 0.25) is 0 Å². The average Bonchev–Trinajstić information content (AvgIpc) is 3.56. The van der Waals surface area contributed by atoms with Crippen LogP contribution in [0, 0.1) is 5.92 Å². The van der Waals surface area contributed by atoms with Crippen LogP contribution in [-0.2, 0) is 11.8 Å². The number of piperidine rings is 1. The third kappa shape index (κ3) is 4.46. The van der Waals surface area contributed by atoms with Crippen LogP contribution < -0.4 is 4.90 Å². The molecule has 1 unspecified atom stereocenters. The van der Waals surface area contributed by atoms with Crippen molar-refractivity contribution >= 4 is 11.9 Å². The summed E-state index contributed by atoms with van der Waals surface area (Å²) in [7, 11) is 1.97. The molecule has 1 amide bonds. The van der Waals surface area contributed by atoms with Crippen LogP contribution in [0.25, 0.3) is 11.3 Å². The lowest BCUT2D eigenvalue weighted by Crippen LogP contribution is -2.40. The first kappa shape index (κ1) is 20.5. The average molecular weight is 423 g/mol. The van der Waals surface area contributed by atoms with Crippen molar-refractivity contribution in [2.45, 2.75) is 63.7 Å². The molecule has 0 bridgehead atoms. The fraction of sp³-hybridized carbons (Fsp3) is 0.667. The second-order valence-corrected chi connectivity index (χ2v) is 9.57. The number of carbonyl (C=O) groups is 1. The van der Waals surface area contributed by atoms with Crippen molar-refractivity contribution in [2.24, 2.45) is 13.0 Å². The van der Waals surface area contributed by atoms with Crippen LogP contribution in [0.15, 0.2) is 18.5 Å². The number of amides is 1. The van der Waals surface area contributed by atoms with Gasteiger partial charge in [-0.25, -0.2) is 9.97 Å². The Kier molecular flexibility index (Phi) is 5.92. The zero-order chi connectivity index (χ0) is 21.2. The molecule has 0 N–H and O–H groups in total. The number of aromatic nitrogens is 4. The van der Waals surface area contributed by atoms with E-state index in [0.29, 0.717) is 11.8 Å². The molecular weight excluding hydrogens is 388 g/mol. The van der Waals surface area contributed by atoms with Crippen molar-refractivity contribution < 1.29 is 4.79 Å². The normalized spacial score (nSPS) is 22.4. The van der Waals surface area contributed by atoms with Crippen LogP contribution in [0.3, 0.4) is 0 Å². The first-order valence-corrected chi connectivity index (χ1v) is 12.1. The summed E-state index contributed by atoms with van der Waals surface area (Å²) < 4.78 is 1.89. The largest absolute Gasteiger partial charge is 0.342 e. The maximum Gasteiger partial charge on any atom is 0.225 e. The molecule has 1 atom stereocenters. The minimum Gasteiger partial charge on any atom is -0.342 e. The van der Waals surface area contributed by atoms with E-state index in [9.17, 15) is 4.79 Å². The fourth-order valence-electron chi connectivity index (χ4n) is 5.59. The van der Waals surface area contributed by atoms with E-state index in [1.165, 1.54) is 38.5 Å². The summed E-state index contributed by atoms with van der Waals surface area (Å²) >= 11 is 0. The Bertz CT molecular complexity index is 913. The van der Waals surface area contributed by atoms with Gasteiger partial charge in [-0.3, -0.25) is 9.48 Å². The Labute approximate surface area is 184 Å². The van der Waals surface area contributed by atoms with Crippen LogP contribution in [0.1, 0.15) is 69.4 Å². The number of hydrogen-bond donors (Lipinski definition) is 0. The van der Waals surface area contributed by atoms with E-state index in [2.05, 4.69) is 21.0 Å². The molecule has 2 aliphatic heterocycles. The van der Waals surface area contributed by atoms with Crippen molar-refractivity contribution in [3.05, 3.63) is 24.2 Å². The quantitative estimate of drug-likeness (QED) is 0.734. The van der Waals surface area contributed by atoms with Gasteiger partial charge >= 0.3 is 0 Å². The number of anilines is 1. The van der Waals surface area contributed by atoms with Gasteiger partial charge in [0.25, 0.3) is 0 Å². The van der Waals surface area contributed by atoms with E-state index in [1.54, 1.807) is 0 Å². The van der Waals surface area contributed by atoms with Gasteiger partial charge in [0.15, 0.2) is 0 Å². The second-order valence-electron chi connectivity index (χ2n) is 9.57. The summed E-state index contributed by atoms with van der Waals surface area (Å²) in [6.07, 6.45) is 14.2. The zero-order valence-corrected chi connectivity index (χ0v) is 18.7. The molecule has 2 aromatic heterocycles. The van der Waals surface area contributed by atoms with E-state index in [1.807, 2.05) is 24.0 Å². The maximum atomic E-state index is 13.0. The van der Waals surface area contributed by atoms with Crippen LogP contribution in [0.5, 0.6) is 0 Å². The summed E-state index contributed by atoms with van der Waals surface area (Å²) in [4.78, 5) is 26.7. The molecule has 0 spiro atoms. The summed E-state index contributed by atoms with van der Waals surface area (Å²) in [5, 5.41) is 4.84. The number of carbonyl (C=O) groups excluding carboxylic acids is 1. The smallest absolute Gasteiger partial charge is 0.225 e. The fourth-order valence-corrected chi connectivity index (χ4v) is 5.59. The molecule has 166 valence electrons. The molecule has 3 aliphatic rings. The summed E-state index contributed by atoms with van der Waals surface area (Å²) in [6, 6.07) is 1.99. The standard InChI is InChI=1S/C24H34N6O/c1-28-17-20(21-10-11-25-24(26-21)29-12-4-5-13-29)23(27-28)19-9-6-14-30(16-19)22(31)15-18-7-2-3-8-18/h10-11,17-19H,2-9,12-16H2,1H3. The molecule has 0 aromatic carbocycles. The molecule has 4 heterocycles. The highest BCUT2D eigenvalue weighted by Crippen LogP contribution is 2.34. The van der Waals surface area contributed by atoms with Crippen molar-refractivity contribution in [3.8, 4) is 11.3 Å². The molecule has 31 heavy (non-hydrogen) atoms. The Morgan fingerprint density at radius 2 is 1.87 bits per heavy atom. The Morgan fingerprint density at radius 1 is 1.06 bits per heavy atom. The van der Waals surface area contributed by atoms with E-state index < -0.39 is 0 Å². The number of hydrogen-bond acceptors (Lipinski definition) is 5. The summed E-state index contributed by atoms with van der Waals surface area (Å²) in [6.45, 7) is 3.73. The van der Waals surface area contributed by atoms with Crippen molar-refractivity contribution in [1.29, 1.82) is 0 Å². The maximum absolute atomic E-state index is 13.0. The Balaban J connectivity index is 1.35. The lowest BCUT2D eigenvalue weighted by Gasteiger charge is -2.33. The molecule has 1 saturated carbocycles. The molecule has 3 fully saturated rings. The number of likely N-dealkylation sites (tertiary alicyclic amines) is 1. The summed E-state index contributed by atoms with van der Waals surface area (Å²) in [5.74, 6) is 2.03. The molecule has 1 aliphatic carbocycles. The highest BCUT2D eigenvalue weighted by Gasteiger charge is 2.30. The van der Waals surface area contributed by atoms with Crippen molar-refractivity contribution in [2.75, 3.05) is 31.1 Å². The lowest BCUT2D eigenvalue weighted by molar-refractivity contribution is -0.133. The van der Waals surface area contributed by atoms with Crippen LogP contribution in [0.4, 0.5) is 5.95 Å². The molecule has 7 heteroatoms. The SMILES string of the molecule is Cn1cc(-c2ccnc(N3CCCC3)n2)c(C2CCCN(C(=O)CC3CCCC3)C2)n1. The van der Waals surface area contributed by atoms with Gasteiger partial charge in [-0.2, -0.15) is 5.10 Å². The Morgan fingerprint density at radius 3 is 2.68 bits per heavy atom. The first-order chi connectivity index (χ1) is 15.2. The van der Waals surface area contributed by atoms with Gasteiger partial charge in [0.05, 0.1) is 11.4 Å². The number of aryl methyl sites for hydroxylation is 1. The van der Waals surface area contributed by atoms with E-state index in [0.717, 1.165) is 68.3 Å². The highest BCUT2D eigenvalue weighted by atomic mass is 16.2. The third-order valence-electron chi connectivity index (χ3n) is 7.26. The van der Waals surface area contributed by atoms with Gasteiger partial charge < -0.3 is 9.80 Å². The van der Waals surface area contributed by atoms with Gasteiger partial charge in [-0.1, -0.05) is 12.8 Å². The van der Waals surface area contributed by atoms with E-state index in [4.69, 9.17) is 10.1 Å². The van der Waals surface area contributed by atoms with Gasteiger partial charge in [0.1, 0.15) is 0 Å². The predicted octanol–water partition coefficient (Wildman–Crippen LogP) is 3.76. The molecule has 0 radical (unpaired) electrons. The van der Waals surface area contributed by atoms with E-state index >= 15 is 0 Å². The number of nitrogens with zero attached hydrogens (tertiary/aromatic N) is 6. The van der Waals surface area contributed by atoms with Crippen LogP contribution in [-0.4, -0.2) is 56.7 Å². The van der Waals surface area contributed by atoms with Gasteiger partial charge in [0, 0.05) is 63.5 Å². The monoisotopic (exact) mass is 422 g/mol. The molecule has 2 saturated heterocycles. The highest BCUT2D eigenvalue weighted by molar-refractivity contribution is 5.76. The van der Waals surface area contributed by atoms with Crippen molar-refractivity contribution in [1.82, 2.24) is 24.6 Å². The molecule has 5 rings (SSSR count). The van der Waals surface area contributed by atoms with Crippen LogP contribution >= 0.6 is 0 Å². The second kappa shape index (κ2) is 8.97. The lowest BCUT2D eigenvalue weighted by atomic mass is 9.91. The predicted molar refractivity (Wildman–Crippen MR) is 121 cm³/mol. The minimum absolute atomic E-state index is 0.266. The molecule has 2 aromatic rings. The zero-order valence-electron chi connectivity index (χ0n) is 18.7. The van der Waals surface area contributed by atoms with Crippen molar-refractivity contribution in [3.63, 3.8) is 0 Å². The summed E-state index contributed by atoms with van der Waals surface area (Å²) in [5.41, 5.74) is 3.10. The van der Waals surface area contributed by atoms with Gasteiger partial charge in [-0.05, 0) is 50.5 Å². The third-order valence-corrected chi connectivity index (χ3v) is 7.26. The first-order valence-electron chi connectivity index (χ1n) is 12.1. The molecule has 7 nitrogen and oxygen atoms in total.